The van der Waals surface area contributed by atoms with Crippen molar-refractivity contribution in [2.24, 2.45) is 0 Å². The zero-order valence-electron chi connectivity index (χ0n) is 8.29. The summed E-state index contributed by atoms with van der Waals surface area (Å²) in [6.07, 6.45) is 5.16. The van der Waals surface area contributed by atoms with Crippen molar-refractivity contribution >= 4 is 11.8 Å². The number of rotatable bonds is 1. The maximum absolute atomic E-state index is 11.4. The minimum atomic E-state index is -0.180. The van der Waals surface area contributed by atoms with Crippen LogP contribution in [-0.2, 0) is 9.59 Å². The van der Waals surface area contributed by atoms with Crippen LogP contribution in [0, 0.1) is 0 Å². The van der Waals surface area contributed by atoms with Gasteiger partial charge in [-0.25, -0.2) is 0 Å². The first kappa shape index (κ1) is 9.65. The van der Waals surface area contributed by atoms with E-state index >= 15 is 0 Å². The van der Waals surface area contributed by atoms with E-state index in [1.165, 1.54) is 12.8 Å². The summed E-state index contributed by atoms with van der Waals surface area (Å²) in [4.78, 5) is 24.6. The van der Waals surface area contributed by atoms with Crippen LogP contribution in [0.2, 0.25) is 0 Å². The van der Waals surface area contributed by atoms with Gasteiger partial charge < -0.3 is 0 Å². The average molecular weight is 196 g/mol. The highest BCUT2D eigenvalue weighted by molar-refractivity contribution is 6.05. The number of likely N-dealkylation sites (tertiary alicyclic amines) is 1. The van der Waals surface area contributed by atoms with Crippen LogP contribution in [0.3, 0.4) is 0 Å². The SMILES string of the molecule is O=C1CC(N2CCCCCC2)C(=O)N1. The van der Waals surface area contributed by atoms with Crippen LogP contribution in [0.15, 0.2) is 0 Å². The van der Waals surface area contributed by atoms with Crippen molar-refractivity contribution in [3.63, 3.8) is 0 Å². The first-order valence-electron chi connectivity index (χ1n) is 5.35. The summed E-state index contributed by atoms with van der Waals surface area (Å²) in [6.45, 7) is 1.93. The molecule has 0 aromatic carbocycles. The summed E-state index contributed by atoms with van der Waals surface area (Å²) in [7, 11) is 0. The molecule has 0 bridgehead atoms. The Bertz CT molecular complexity index is 245. The van der Waals surface area contributed by atoms with E-state index in [4.69, 9.17) is 0 Å². The van der Waals surface area contributed by atoms with E-state index in [-0.39, 0.29) is 17.9 Å². The topological polar surface area (TPSA) is 49.4 Å². The Kier molecular flexibility index (Phi) is 2.82. The second-order valence-electron chi connectivity index (χ2n) is 4.08. The fourth-order valence-electron chi connectivity index (χ4n) is 2.24. The monoisotopic (exact) mass is 196 g/mol. The molecule has 1 atom stereocenters. The van der Waals surface area contributed by atoms with Gasteiger partial charge in [-0.05, 0) is 25.9 Å². The lowest BCUT2D eigenvalue weighted by Crippen LogP contribution is -2.41. The first-order valence-corrected chi connectivity index (χ1v) is 5.35. The van der Waals surface area contributed by atoms with Crippen molar-refractivity contribution in [3.8, 4) is 0 Å². The quantitative estimate of drug-likeness (QED) is 0.613. The lowest BCUT2D eigenvalue weighted by atomic mass is 10.2. The Morgan fingerprint density at radius 1 is 1.07 bits per heavy atom. The van der Waals surface area contributed by atoms with Gasteiger partial charge in [-0.1, -0.05) is 12.8 Å². The fourth-order valence-corrected chi connectivity index (χ4v) is 2.24. The Hall–Kier alpha value is -0.900. The molecule has 1 N–H and O–H groups in total. The second kappa shape index (κ2) is 4.09. The third-order valence-corrected chi connectivity index (χ3v) is 3.03. The average Bonchev–Trinajstić information content (AvgIpc) is 2.43. The molecule has 0 saturated carbocycles. The number of nitrogens with zero attached hydrogens (tertiary/aromatic N) is 1. The number of nitrogens with one attached hydrogen (secondary N) is 1. The molecule has 0 radical (unpaired) electrons. The molecule has 0 spiro atoms. The highest BCUT2D eigenvalue weighted by atomic mass is 16.2. The predicted octanol–water partition coefficient (Wildman–Crippen LogP) is 0.277. The molecule has 0 aromatic heterocycles. The van der Waals surface area contributed by atoms with Crippen LogP contribution in [0.25, 0.3) is 0 Å². The van der Waals surface area contributed by atoms with Crippen molar-refractivity contribution in [1.29, 1.82) is 0 Å². The van der Waals surface area contributed by atoms with Gasteiger partial charge in [-0.15, -0.1) is 0 Å². The van der Waals surface area contributed by atoms with E-state index in [0.717, 1.165) is 25.9 Å². The molecule has 0 aliphatic carbocycles. The predicted molar refractivity (Wildman–Crippen MR) is 51.6 cm³/mol. The van der Waals surface area contributed by atoms with Crippen LogP contribution < -0.4 is 5.32 Å². The molecular formula is C10H16N2O2. The minimum absolute atomic E-state index is 0.100. The summed E-state index contributed by atoms with van der Waals surface area (Å²) in [5.74, 6) is -0.221. The molecular weight excluding hydrogens is 180 g/mol. The molecule has 2 rings (SSSR count). The Morgan fingerprint density at radius 3 is 2.21 bits per heavy atom. The third-order valence-electron chi connectivity index (χ3n) is 3.03. The summed E-state index contributed by atoms with van der Waals surface area (Å²) in [6, 6.07) is -0.180. The van der Waals surface area contributed by atoms with Crippen molar-refractivity contribution in [2.45, 2.75) is 38.1 Å². The van der Waals surface area contributed by atoms with E-state index in [0.29, 0.717) is 6.42 Å². The lowest BCUT2D eigenvalue weighted by Gasteiger charge is -2.24. The summed E-state index contributed by atoms with van der Waals surface area (Å²) < 4.78 is 0. The van der Waals surface area contributed by atoms with Crippen LogP contribution in [-0.4, -0.2) is 35.8 Å². The smallest absolute Gasteiger partial charge is 0.244 e. The zero-order chi connectivity index (χ0) is 9.97. The maximum Gasteiger partial charge on any atom is 0.244 e. The zero-order valence-corrected chi connectivity index (χ0v) is 8.29. The van der Waals surface area contributed by atoms with Crippen molar-refractivity contribution in [2.75, 3.05) is 13.1 Å². The summed E-state index contributed by atoms with van der Waals surface area (Å²) >= 11 is 0. The molecule has 78 valence electrons. The first-order chi connectivity index (χ1) is 6.77. The number of carbonyl (C=O) groups excluding carboxylic acids is 2. The summed E-state index contributed by atoms with van der Waals surface area (Å²) in [5, 5.41) is 2.37. The lowest BCUT2D eigenvalue weighted by molar-refractivity contribution is -0.126. The van der Waals surface area contributed by atoms with E-state index in [1.807, 2.05) is 0 Å². The molecule has 2 fully saturated rings. The van der Waals surface area contributed by atoms with Gasteiger partial charge in [0.1, 0.15) is 0 Å². The maximum atomic E-state index is 11.4. The van der Waals surface area contributed by atoms with E-state index in [2.05, 4.69) is 10.2 Å². The number of amides is 2. The summed E-state index contributed by atoms with van der Waals surface area (Å²) in [5.41, 5.74) is 0. The van der Waals surface area contributed by atoms with E-state index in [1.54, 1.807) is 0 Å². The van der Waals surface area contributed by atoms with Gasteiger partial charge in [-0.2, -0.15) is 0 Å². The van der Waals surface area contributed by atoms with Gasteiger partial charge in [0, 0.05) is 0 Å². The molecule has 2 heterocycles. The molecule has 0 aromatic rings. The van der Waals surface area contributed by atoms with Gasteiger partial charge >= 0.3 is 0 Å². The van der Waals surface area contributed by atoms with Crippen LogP contribution in [0.1, 0.15) is 32.1 Å². The van der Waals surface area contributed by atoms with Gasteiger partial charge in [0.15, 0.2) is 0 Å². The van der Waals surface area contributed by atoms with Gasteiger partial charge in [0.05, 0.1) is 12.5 Å². The fraction of sp³-hybridized carbons (Fsp3) is 0.800. The largest absolute Gasteiger partial charge is 0.295 e. The Labute approximate surface area is 83.6 Å². The van der Waals surface area contributed by atoms with E-state index < -0.39 is 0 Å². The second-order valence-corrected chi connectivity index (χ2v) is 4.08. The molecule has 4 heteroatoms. The van der Waals surface area contributed by atoms with Gasteiger partial charge in [0.25, 0.3) is 0 Å². The third kappa shape index (κ3) is 1.95. The Morgan fingerprint density at radius 2 is 1.71 bits per heavy atom. The normalized spacial score (nSPS) is 30.1. The van der Waals surface area contributed by atoms with E-state index in [9.17, 15) is 9.59 Å². The molecule has 14 heavy (non-hydrogen) atoms. The van der Waals surface area contributed by atoms with Gasteiger partial charge in [-0.3, -0.25) is 19.8 Å². The molecule has 2 aliphatic heterocycles. The molecule has 2 amide bonds. The van der Waals surface area contributed by atoms with Crippen molar-refractivity contribution in [3.05, 3.63) is 0 Å². The standard InChI is InChI=1S/C10H16N2O2/c13-9-7-8(10(14)11-9)12-5-3-1-2-4-6-12/h8H,1-7H2,(H,11,13,14). The molecule has 2 aliphatic rings. The Balaban J connectivity index is 1.98. The highest BCUT2D eigenvalue weighted by Crippen LogP contribution is 2.17. The van der Waals surface area contributed by atoms with Crippen LogP contribution in [0.5, 0.6) is 0 Å². The number of hydrogen-bond donors (Lipinski definition) is 1. The molecule has 1 unspecified atom stereocenters. The van der Waals surface area contributed by atoms with Crippen LogP contribution >= 0.6 is 0 Å². The van der Waals surface area contributed by atoms with Crippen molar-refractivity contribution in [1.82, 2.24) is 10.2 Å². The minimum Gasteiger partial charge on any atom is -0.295 e. The highest BCUT2D eigenvalue weighted by Gasteiger charge is 2.35. The molecule has 4 nitrogen and oxygen atoms in total. The number of imide groups is 1. The number of hydrogen-bond acceptors (Lipinski definition) is 3. The van der Waals surface area contributed by atoms with Crippen molar-refractivity contribution < 1.29 is 9.59 Å². The molecule has 2 saturated heterocycles. The van der Waals surface area contributed by atoms with Gasteiger partial charge in [0.2, 0.25) is 11.8 Å². The number of carbonyl (C=O) groups is 2. The van der Waals surface area contributed by atoms with Crippen LogP contribution in [0.4, 0.5) is 0 Å².